The monoisotopic (exact) mass is 225 g/mol. The number of rotatable bonds is 5. The molecule has 0 aromatic carbocycles. The van der Waals surface area contributed by atoms with Crippen LogP contribution in [0, 0.1) is 0 Å². The third kappa shape index (κ3) is 2.76. The minimum absolute atomic E-state index is 0.646. The van der Waals surface area contributed by atoms with Gasteiger partial charge >= 0.3 is 0 Å². The van der Waals surface area contributed by atoms with Crippen molar-refractivity contribution in [1.29, 1.82) is 0 Å². The lowest BCUT2D eigenvalue weighted by molar-refractivity contribution is 0.0821. The van der Waals surface area contributed by atoms with Gasteiger partial charge in [-0.2, -0.15) is 0 Å². The van der Waals surface area contributed by atoms with Crippen molar-refractivity contribution >= 4 is 0 Å². The fourth-order valence-corrected chi connectivity index (χ4v) is 2.99. The molecule has 0 amide bonds. The molecule has 2 fully saturated rings. The summed E-state index contributed by atoms with van der Waals surface area (Å²) < 4.78 is 0. The molecular formula is C13H27N3. The standard InChI is InChI=1S/C13H27N3/c1-4-13(14-3)11(2)15-7-9-16(10-8-15)12-5-6-12/h11-14H,4-10H2,1-3H3. The van der Waals surface area contributed by atoms with E-state index in [4.69, 9.17) is 0 Å². The summed E-state index contributed by atoms with van der Waals surface area (Å²) in [4.78, 5) is 5.34. The Morgan fingerprint density at radius 3 is 2.25 bits per heavy atom. The van der Waals surface area contributed by atoms with Crippen LogP contribution in [-0.2, 0) is 0 Å². The zero-order valence-electron chi connectivity index (χ0n) is 11.1. The highest BCUT2D eigenvalue weighted by Crippen LogP contribution is 2.27. The van der Waals surface area contributed by atoms with Crippen LogP contribution in [0.15, 0.2) is 0 Å². The second-order valence-electron chi connectivity index (χ2n) is 5.35. The molecule has 1 aliphatic carbocycles. The van der Waals surface area contributed by atoms with Crippen LogP contribution in [-0.4, -0.2) is 61.2 Å². The van der Waals surface area contributed by atoms with Crippen molar-refractivity contribution < 1.29 is 0 Å². The summed E-state index contributed by atoms with van der Waals surface area (Å²) in [5, 5.41) is 3.44. The maximum atomic E-state index is 3.44. The summed E-state index contributed by atoms with van der Waals surface area (Å²) in [6.07, 6.45) is 4.12. The number of nitrogens with zero attached hydrogens (tertiary/aromatic N) is 2. The van der Waals surface area contributed by atoms with E-state index in [1.165, 1.54) is 45.4 Å². The summed E-state index contributed by atoms with van der Waals surface area (Å²) in [5.41, 5.74) is 0. The first-order chi connectivity index (χ1) is 7.76. The summed E-state index contributed by atoms with van der Waals surface area (Å²) in [6.45, 7) is 9.74. The van der Waals surface area contributed by atoms with Crippen LogP contribution in [0.2, 0.25) is 0 Å². The number of hydrogen-bond donors (Lipinski definition) is 1. The highest BCUT2D eigenvalue weighted by atomic mass is 15.3. The van der Waals surface area contributed by atoms with Gasteiger partial charge in [0.2, 0.25) is 0 Å². The van der Waals surface area contributed by atoms with Gasteiger partial charge in [-0.1, -0.05) is 6.92 Å². The Labute approximate surface area is 100 Å². The molecule has 1 aliphatic heterocycles. The fraction of sp³-hybridized carbons (Fsp3) is 1.00. The Morgan fingerprint density at radius 2 is 1.81 bits per heavy atom. The zero-order valence-corrected chi connectivity index (χ0v) is 11.1. The maximum absolute atomic E-state index is 3.44. The van der Waals surface area contributed by atoms with Crippen molar-refractivity contribution in [1.82, 2.24) is 15.1 Å². The van der Waals surface area contributed by atoms with Crippen molar-refractivity contribution in [2.24, 2.45) is 0 Å². The second-order valence-corrected chi connectivity index (χ2v) is 5.35. The molecule has 0 aromatic heterocycles. The van der Waals surface area contributed by atoms with Gasteiger partial charge in [-0.3, -0.25) is 9.80 Å². The molecule has 1 saturated heterocycles. The Balaban J connectivity index is 1.78. The van der Waals surface area contributed by atoms with Gasteiger partial charge in [0.15, 0.2) is 0 Å². The topological polar surface area (TPSA) is 18.5 Å². The van der Waals surface area contributed by atoms with Gasteiger partial charge in [0.1, 0.15) is 0 Å². The minimum Gasteiger partial charge on any atom is -0.315 e. The summed E-state index contributed by atoms with van der Waals surface area (Å²) in [7, 11) is 2.09. The SMILES string of the molecule is CCC(NC)C(C)N1CCN(C2CC2)CC1. The largest absolute Gasteiger partial charge is 0.315 e. The third-order valence-electron chi connectivity index (χ3n) is 4.38. The van der Waals surface area contributed by atoms with E-state index in [2.05, 4.69) is 36.0 Å². The molecule has 2 aliphatic rings. The van der Waals surface area contributed by atoms with Crippen LogP contribution in [0.25, 0.3) is 0 Å². The predicted molar refractivity (Wildman–Crippen MR) is 68.8 cm³/mol. The van der Waals surface area contributed by atoms with Crippen LogP contribution < -0.4 is 5.32 Å². The van der Waals surface area contributed by atoms with Gasteiger partial charge in [0, 0.05) is 44.3 Å². The lowest BCUT2D eigenvalue weighted by Crippen LogP contribution is -2.55. The van der Waals surface area contributed by atoms with Crippen LogP contribution in [0.1, 0.15) is 33.1 Å². The minimum atomic E-state index is 0.646. The lowest BCUT2D eigenvalue weighted by Gasteiger charge is -2.40. The molecule has 1 saturated carbocycles. The van der Waals surface area contributed by atoms with Crippen molar-refractivity contribution in [2.75, 3.05) is 33.2 Å². The summed E-state index contributed by atoms with van der Waals surface area (Å²) >= 11 is 0. The first-order valence-electron chi connectivity index (χ1n) is 6.91. The fourth-order valence-electron chi connectivity index (χ4n) is 2.99. The lowest BCUT2D eigenvalue weighted by atomic mass is 10.1. The van der Waals surface area contributed by atoms with E-state index in [1.807, 2.05) is 0 Å². The summed E-state index contributed by atoms with van der Waals surface area (Å²) in [6, 6.07) is 2.27. The molecule has 2 atom stereocenters. The van der Waals surface area contributed by atoms with Crippen molar-refractivity contribution in [2.45, 2.75) is 51.2 Å². The Bertz CT molecular complexity index is 203. The maximum Gasteiger partial charge on any atom is 0.0221 e. The normalized spacial score (nSPS) is 27.9. The number of piperazine rings is 1. The average Bonchev–Trinajstić information content (AvgIpc) is 3.15. The molecule has 3 nitrogen and oxygen atoms in total. The molecule has 2 rings (SSSR count). The zero-order chi connectivity index (χ0) is 11.5. The molecule has 1 N–H and O–H groups in total. The van der Waals surface area contributed by atoms with Gasteiger partial charge in [0.05, 0.1) is 0 Å². The quantitative estimate of drug-likeness (QED) is 0.757. The molecule has 3 heteroatoms. The third-order valence-corrected chi connectivity index (χ3v) is 4.38. The first-order valence-corrected chi connectivity index (χ1v) is 6.91. The molecule has 0 aromatic rings. The van der Waals surface area contributed by atoms with Gasteiger partial charge < -0.3 is 5.32 Å². The Kier molecular flexibility index (Phi) is 4.22. The molecular weight excluding hydrogens is 198 g/mol. The van der Waals surface area contributed by atoms with Crippen LogP contribution >= 0.6 is 0 Å². The first kappa shape index (κ1) is 12.3. The van der Waals surface area contributed by atoms with E-state index in [0.717, 1.165) is 6.04 Å². The molecule has 1 heterocycles. The van der Waals surface area contributed by atoms with Crippen molar-refractivity contribution in [3.63, 3.8) is 0 Å². The molecule has 0 bridgehead atoms. The van der Waals surface area contributed by atoms with E-state index in [0.29, 0.717) is 12.1 Å². The predicted octanol–water partition coefficient (Wildman–Crippen LogP) is 1.15. The number of hydrogen-bond acceptors (Lipinski definition) is 3. The van der Waals surface area contributed by atoms with Crippen LogP contribution in [0.3, 0.4) is 0 Å². The van der Waals surface area contributed by atoms with Gasteiger partial charge in [-0.05, 0) is 33.2 Å². The van der Waals surface area contributed by atoms with Gasteiger partial charge in [-0.15, -0.1) is 0 Å². The molecule has 94 valence electrons. The van der Waals surface area contributed by atoms with Gasteiger partial charge in [-0.25, -0.2) is 0 Å². The Morgan fingerprint density at radius 1 is 1.19 bits per heavy atom. The highest BCUT2D eigenvalue weighted by molar-refractivity contribution is 4.90. The Hall–Kier alpha value is -0.120. The van der Waals surface area contributed by atoms with Crippen molar-refractivity contribution in [3.05, 3.63) is 0 Å². The smallest absolute Gasteiger partial charge is 0.0221 e. The molecule has 2 unspecified atom stereocenters. The number of likely N-dealkylation sites (N-methyl/N-ethyl adjacent to an activating group) is 1. The molecule has 0 spiro atoms. The van der Waals surface area contributed by atoms with E-state index in [1.54, 1.807) is 0 Å². The van der Waals surface area contributed by atoms with E-state index in [9.17, 15) is 0 Å². The number of nitrogens with one attached hydrogen (secondary N) is 1. The van der Waals surface area contributed by atoms with Gasteiger partial charge in [0.25, 0.3) is 0 Å². The van der Waals surface area contributed by atoms with Crippen molar-refractivity contribution in [3.8, 4) is 0 Å². The molecule has 16 heavy (non-hydrogen) atoms. The molecule has 0 radical (unpaired) electrons. The van der Waals surface area contributed by atoms with Crippen LogP contribution in [0.4, 0.5) is 0 Å². The highest BCUT2D eigenvalue weighted by Gasteiger charge is 2.32. The van der Waals surface area contributed by atoms with E-state index >= 15 is 0 Å². The average molecular weight is 225 g/mol. The van der Waals surface area contributed by atoms with E-state index < -0.39 is 0 Å². The van der Waals surface area contributed by atoms with Crippen LogP contribution in [0.5, 0.6) is 0 Å². The second kappa shape index (κ2) is 5.48. The summed E-state index contributed by atoms with van der Waals surface area (Å²) in [5.74, 6) is 0. The van der Waals surface area contributed by atoms with E-state index in [-0.39, 0.29) is 0 Å².